The van der Waals surface area contributed by atoms with E-state index in [-0.39, 0.29) is 5.91 Å². The van der Waals surface area contributed by atoms with Gasteiger partial charge in [-0.05, 0) is 61.1 Å². The number of rotatable bonds is 6. The van der Waals surface area contributed by atoms with Gasteiger partial charge in [0.25, 0.3) is 5.91 Å². The lowest BCUT2D eigenvalue weighted by Gasteiger charge is -2.20. The molecule has 0 spiro atoms. The normalized spacial score (nSPS) is 21.0. The lowest BCUT2D eigenvalue weighted by molar-refractivity contribution is 0.102. The summed E-state index contributed by atoms with van der Waals surface area (Å²) in [6.45, 7) is 5.89. The van der Waals surface area contributed by atoms with E-state index in [9.17, 15) is 4.79 Å². The maximum absolute atomic E-state index is 12.4. The molecule has 2 fully saturated rings. The van der Waals surface area contributed by atoms with Crippen LogP contribution in [0, 0.1) is 5.41 Å². The standard InChI is InChI=1S/C22H28N4O/c1-22(11-12-22)15-26-13-10-18(14-26)24-17-8-6-16(7-9-17)21(27)25-20-5-3-2-4-19(20)23/h2-9,18,24H,10-15,23H2,1H3,(H,25,27)/t18-/m1/s1. The number of likely N-dealkylation sites (tertiary alicyclic amines) is 1. The molecular formula is C22H28N4O. The molecule has 4 rings (SSSR count). The fourth-order valence-corrected chi connectivity index (χ4v) is 3.76. The summed E-state index contributed by atoms with van der Waals surface area (Å²) in [6, 6.07) is 15.4. The zero-order chi connectivity index (χ0) is 18.9. The maximum atomic E-state index is 12.4. The van der Waals surface area contributed by atoms with Gasteiger partial charge in [0.2, 0.25) is 0 Å². The first-order valence-corrected chi connectivity index (χ1v) is 9.76. The first-order valence-electron chi connectivity index (χ1n) is 9.76. The average molecular weight is 364 g/mol. The van der Waals surface area contributed by atoms with E-state index in [1.165, 1.54) is 32.4 Å². The van der Waals surface area contributed by atoms with Gasteiger partial charge in [-0.25, -0.2) is 0 Å². The van der Waals surface area contributed by atoms with Gasteiger partial charge in [0.15, 0.2) is 0 Å². The van der Waals surface area contributed by atoms with Crippen LogP contribution >= 0.6 is 0 Å². The predicted octanol–water partition coefficient (Wildman–Crippen LogP) is 3.81. The van der Waals surface area contributed by atoms with Crippen molar-refractivity contribution in [1.82, 2.24) is 4.90 Å². The Hall–Kier alpha value is -2.53. The Balaban J connectivity index is 1.31. The quantitative estimate of drug-likeness (QED) is 0.682. The van der Waals surface area contributed by atoms with Gasteiger partial charge < -0.3 is 21.3 Å². The third kappa shape index (κ3) is 4.42. The van der Waals surface area contributed by atoms with Crippen LogP contribution in [-0.2, 0) is 0 Å². The Bertz CT molecular complexity index is 813. The molecule has 27 heavy (non-hydrogen) atoms. The topological polar surface area (TPSA) is 70.4 Å². The highest BCUT2D eigenvalue weighted by atomic mass is 16.1. The average Bonchev–Trinajstić information content (AvgIpc) is 3.22. The van der Waals surface area contributed by atoms with Crippen LogP contribution in [0.1, 0.15) is 36.5 Å². The van der Waals surface area contributed by atoms with Crippen molar-refractivity contribution in [2.45, 2.75) is 32.2 Å². The van der Waals surface area contributed by atoms with Gasteiger partial charge in [-0.3, -0.25) is 4.79 Å². The summed E-state index contributed by atoms with van der Waals surface area (Å²) in [5, 5.41) is 6.47. The Morgan fingerprint density at radius 2 is 1.93 bits per heavy atom. The van der Waals surface area contributed by atoms with Crippen LogP contribution in [0.4, 0.5) is 17.1 Å². The smallest absolute Gasteiger partial charge is 0.255 e. The second kappa shape index (κ2) is 7.24. The van der Waals surface area contributed by atoms with E-state index in [0.717, 1.165) is 12.2 Å². The van der Waals surface area contributed by atoms with Crippen molar-refractivity contribution in [3.8, 4) is 0 Å². The van der Waals surface area contributed by atoms with Crippen molar-refractivity contribution in [3.63, 3.8) is 0 Å². The van der Waals surface area contributed by atoms with Crippen molar-refractivity contribution < 1.29 is 4.79 Å². The Labute approximate surface area is 160 Å². The number of hydrogen-bond donors (Lipinski definition) is 3. The monoisotopic (exact) mass is 364 g/mol. The van der Waals surface area contributed by atoms with Crippen LogP contribution < -0.4 is 16.4 Å². The van der Waals surface area contributed by atoms with Crippen LogP contribution in [0.25, 0.3) is 0 Å². The second-order valence-corrected chi connectivity index (χ2v) is 8.29. The molecule has 1 amide bonds. The Morgan fingerprint density at radius 3 is 2.63 bits per heavy atom. The number of amides is 1. The summed E-state index contributed by atoms with van der Waals surface area (Å²) in [7, 11) is 0. The molecule has 1 aliphatic carbocycles. The minimum atomic E-state index is -0.149. The van der Waals surface area contributed by atoms with Gasteiger partial charge in [-0.2, -0.15) is 0 Å². The summed E-state index contributed by atoms with van der Waals surface area (Å²) in [5.74, 6) is -0.149. The minimum Gasteiger partial charge on any atom is -0.397 e. The number of benzene rings is 2. The molecule has 4 N–H and O–H groups in total. The first kappa shape index (κ1) is 17.9. The Morgan fingerprint density at radius 1 is 1.19 bits per heavy atom. The number of para-hydroxylation sites is 2. The fourth-order valence-electron chi connectivity index (χ4n) is 3.76. The maximum Gasteiger partial charge on any atom is 0.255 e. The number of nitrogens with one attached hydrogen (secondary N) is 2. The van der Waals surface area contributed by atoms with Crippen LogP contribution in [0.5, 0.6) is 0 Å². The summed E-state index contributed by atoms with van der Waals surface area (Å²) >= 11 is 0. The molecule has 1 saturated heterocycles. The minimum absolute atomic E-state index is 0.149. The van der Waals surface area contributed by atoms with E-state index in [1.807, 2.05) is 36.4 Å². The third-order valence-electron chi connectivity index (χ3n) is 5.71. The summed E-state index contributed by atoms with van der Waals surface area (Å²) in [5.41, 5.74) is 9.35. The number of carbonyl (C=O) groups is 1. The fraction of sp³-hybridized carbons (Fsp3) is 0.409. The number of anilines is 3. The number of hydrogen-bond acceptors (Lipinski definition) is 4. The molecule has 1 atom stereocenters. The first-order chi connectivity index (χ1) is 13.0. The molecule has 2 aromatic carbocycles. The van der Waals surface area contributed by atoms with Gasteiger partial charge in [0, 0.05) is 36.9 Å². The van der Waals surface area contributed by atoms with E-state index in [4.69, 9.17) is 5.73 Å². The van der Waals surface area contributed by atoms with Crippen molar-refractivity contribution in [2.24, 2.45) is 5.41 Å². The van der Waals surface area contributed by atoms with Gasteiger partial charge in [0.05, 0.1) is 11.4 Å². The van der Waals surface area contributed by atoms with Crippen LogP contribution in [0.2, 0.25) is 0 Å². The van der Waals surface area contributed by atoms with Crippen molar-refractivity contribution in [2.75, 3.05) is 36.0 Å². The highest BCUT2D eigenvalue weighted by molar-refractivity contribution is 6.05. The number of nitrogens with zero attached hydrogens (tertiary/aromatic N) is 1. The molecule has 2 aromatic rings. The van der Waals surface area contributed by atoms with Crippen molar-refractivity contribution in [3.05, 3.63) is 54.1 Å². The highest BCUT2D eigenvalue weighted by Gasteiger charge is 2.40. The van der Waals surface area contributed by atoms with Crippen LogP contribution in [0.15, 0.2) is 48.5 Å². The molecule has 1 saturated carbocycles. The van der Waals surface area contributed by atoms with Gasteiger partial charge in [0.1, 0.15) is 0 Å². The largest absolute Gasteiger partial charge is 0.397 e. The molecule has 0 radical (unpaired) electrons. The van der Waals surface area contributed by atoms with Gasteiger partial charge >= 0.3 is 0 Å². The molecule has 0 bridgehead atoms. The molecule has 1 heterocycles. The lowest BCUT2D eigenvalue weighted by atomic mass is 10.1. The number of nitrogens with two attached hydrogens (primary N) is 1. The lowest BCUT2D eigenvalue weighted by Crippen LogP contribution is -2.30. The molecular weight excluding hydrogens is 336 g/mol. The number of carbonyl (C=O) groups excluding carboxylic acids is 1. The molecule has 0 unspecified atom stereocenters. The highest BCUT2D eigenvalue weighted by Crippen LogP contribution is 2.45. The van der Waals surface area contributed by atoms with Crippen LogP contribution in [-0.4, -0.2) is 36.5 Å². The van der Waals surface area contributed by atoms with Gasteiger partial charge in [-0.1, -0.05) is 19.1 Å². The van der Waals surface area contributed by atoms with E-state index in [0.29, 0.717) is 28.4 Å². The third-order valence-corrected chi connectivity index (χ3v) is 5.71. The van der Waals surface area contributed by atoms with Crippen molar-refractivity contribution >= 4 is 23.0 Å². The summed E-state index contributed by atoms with van der Waals surface area (Å²) < 4.78 is 0. The number of nitrogen functional groups attached to an aromatic ring is 1. The Kier molecular flexibility index (Phi) is 4.79. The zero-order valence-electron chi connectivity index (χ0n) is 15.9. The molecule has 142 valence electrons. The molecule has 2 aliphatic rings. The zero-order valence-corrected chi connectivity index (χ0v) is 15.9. The molecule has 5 nitrogen and oxygen atoms in total. The molecule has 5 heteroatoms. The second-order valence-electron chi connectivity index (χ2n) is 8.29. The summed E-state index contributed by atoms with van der Waals surface area (Å²) in [4.78, 5) is 15.0. The van der Waals surface area contributed by atoms with E-state index in [2.05, 4.69) is 22.5 Å². The van der Waals surface area contributed by atoms with E-state index in [1.54, 1.807) is 12.1 Å². The van der Waals surface area contributed by atoms with E-state index >= 15 is 0 Å². The molecule has 0 aromatic heterocycles. The predicted molar refractivity (Wildman–Crippen MR) is 111 cm³/mol. The van der Waals surface area contributed by atoms with Crippen LogP contribution in [0.3, 0.4) is 0 Å². The van der Waals surface area contributed by atoms with Gasteiger partial charge in [-0.15, -0.1) is 0 Å². The SMILES string of the molecule is CC1(CN2CC[C@@H](Nc3ccc(C(=O)Nc4ccccc4N)cc3)C2)CC1. The van der Waals surface area contributed by atoms with Crippen molar-refractivity contribution in [1.29, 1.82) is 0 Å². The molecule has 1 aliphatic heterocycles. The van der Waals surface area contributed by atoms with E-state index < -0.39 is 0 Å². The summed E-state index contributed by atoms with van der Waals surface area (Å²) in [6.07, 6.45) is 3.92.